The fourth-order valence-electron chi connectivity index (χ4n) is 2.40. The molecule has 1 saturated carbocycles. The van der Waals surface area contributed by atoms with Crippen LogP contribution in [0.2, 0.25) is 0 Å². The lowest BCUT2D eigenvalue weighted by Gasteiger charge is -2.14. The lowest BCUT2D eigenvalue weighted by molar-refractivity contribution is -0.117. The number of rotatable bonds is 5. The zero-order chi connectivity index (χ0) is 10.6. The predicted octanol–water partition coefficient (Wildman–Crippen LogP) is 3.37. The van der Waals surface area contributed by atoms with Crippen molar-refractivity contribution in [1.29, 1.82) is 0 Å². The molecule has 78 valence electrons. The van der Waals surface area contributed by atoms with E-state index in [-0.39, 0.29) is 0 Å². The molecule has 1 heteroatoms. The van der Waals surface area contributed by atoms with Crippen LogP contribution in [0.5, 0.6) is 0 Å². The summed E-state index contributed by atoms with van der Waals surface area (Å²) in [6, 6.07) is 0. The molecule has 0 aromatic carbocycles. The molecule has 0 bridgehead atoms. The van der Waals surface area contributed by atoms with Crippen molar-refractivity contribution in [1.82, 2.24) is 0 Å². The van der Waals surface area contributed by atoms with Crippen LogP contribution < -0.4 is 0 Å². The number of ketones is 1. The van der Waals surface area contributed by atoms with E-state index in [0.29, 0.717) is 23.5 Å². The Hall–Kier alpha value is -0.850. The molecule has 0 aliphatic heterocycles. The molecule has 0 N–H and O–H groups in total. The predicted molar refractivity (Wildman–Crippen MR) is 60.0 cm³/mol. The summed E-state index contributed by atoms with van der Waals surface area (Å²) in [6.45, 7) is 9.38. The highest BCUT2D eigenvalue weighted by atomic mass is 16.1. The summed E-state index contributed by atoms with van der Waals surface area (Å²) in [5.74, 6) is 2.18. The summed E-state index contributed by atoms with van der Waals surface area (Å²) < 4.78 is 0. The highest BCUT2D eigenvalue weighted by molar-refractivity contribution is 5.75. The smallest absolute Gasteiger partial charge is 0.129 e. The zero-order valence-corrected chi connectivity index (χ0v) is 9.04. The molecule has 0 amide bonds. The van der Waals surface area contributed by atoms with Gasteiger partial charge in [-0.3, -0.25) is 0 Å². The van der Waals surface area contributed by atoms with Gasteiger partial charge in [0.1, 0.15) is 5.78 Å². The average molecular weight is 192 g/mol. The maximum Gasteiger partial charge on any atom is 0.129 e. The van der Waals surface area contributed by atoms with Crippen molar-refractivity contribution in [3.05, 3.63) is 25.3 Å². The van der Waals surface area contributed by atoms with Gasteiger partial charge in [-0.25, -0.2) is 0 Å². The van der Waals surface area contributed by atoms with Crippen molar-refractivity contribution in [3.8, 4) is 0 Å². The van der Waals surface area contributed by atoms with E-state index in [0.717, 1.165) is 12.8 Å². The first-order valence-corrected chi connectivity index (χ1v) is 5.42. The van der Waals surface area contributed by atoms with Crippen LogP contribution in [0, 0.1) is 17.8 Å². The van der Waals surface area contributed by atoms with Crippen molar-refractivity contribution >= 4 is 5.78 Å². The molecule has 3 unspecified atom stereocenters. The summed E-state index contributed by atoms with van der Waals surface area (Å²) in [5.41, 5.74) is 0. The van der Waals surface area contributed by atoms with Gasteiger partial charge in [0, 0.05) is 6.42 Å². The molecular weight excluding hydrogens is 172 g/mol. The number of allylic oxidation sites excluding steroid dienone is 2. The Bertz CT molecular complexity index is 229. The summed E-state index contributed by atoms with van der Waals surface area (Å²) >= 11 is 0. The van der Waals surface area contributed by atoms with Crippen molar-refractivity contribution in [3.63, 3.8) is 0 Å². The van der Waals surface area contributed by atoms with Crippen molar-refractivity contribution in [2.75, 3.05) is 0 Å². The van der Waals surface area contributed by atoms with Gasteiger partial charge < -0.3 is 4.79 Å². The second-order valence-corrected chi connectivity index (χ2v) is 4.37. The number of hydrogen-bond donors (Lipinski definition) is 0. The average Bonchev–Trinajstić information content (AvgIpc) is 2.57. The number of hydrogen-bond acceptors (Lipinski definition) is 1. The summed E-state index contributed by atoms with van der Waals surface area (Å²) in [5, 5.41) is 0. The van der Waals surface area contributed by atoms with Crippen LogP contribution in [-0.4, -0.2) is 5.78 Å². The molecular formula is C13H20O. The van der Waals surface area contributed by atoms with Crippen LogP contribution in [0.4, 0.5) is 0 Å². The molecule has 1 rings (SSSR count). The van der Waals surface area contributed by atoms with Crippen molar-refractivity contribution < 1.29 is 4.79 Å². The fraction of sp³-hybridized carbons (Fsp3) is 0.615. The Morgan fingerprint density at radius 2 is 2.07 bits per heavy atom. The second-order valence-electron chi connectivity index (χ2n) is 4.37. The van der Waals surface area contributed by atoms with E-state index in [4.69, 9.17) is 0 Å². The summed E-state index contributed by atoms with van der Waals surface area (Å²) in [6.07, 6.45) is 8.21. The first kappa shape index (κ1) is 11.2. The van der Waals surface area contributed by atoms with E-state index >= 15 is 0 Å². The highest BCUT2D eigenvalue weighted by Crippen LogP contribution is 2.40. The van der Waals surface area contributed by atoms with Gasteiger partial charge in [-0.05, 0) is 43.9 Å². The van der Waals surface area contributed by atoms with E-state index < -0.39 is 0 Å². The lowest BCUT2D eigenvalue weighted by atomic mass is 9.91. The van der Waals surface area contributed by atoms with Gasteiger partial charge >= 0.3 is 0 Å². The minimum absolute atomic E-state index is 0.301. The fourth-order valence-corrected chi connectivity index (χ4v) is 2.40. The Morgan fingerprint density at radius 1 is 1.36 bits per heavy atom. The van der Waals surface area contributed by atoms with Gasteiger partial charge in [-0.15, -0.1) is 13.2 Å². The van der Waals surface area contributed by atoms with Crippen LogP contribution >= 0.6 is 0 Å². The normalized spacial score (nSPS) is 31.4. The molecule has 1 aliphatic rings. The van der Waals surface area contributed by atoms with Crippen LogP contribution in [-0.2, 0) is 4.79 Å². The molecule has 1 nitrogen and oxygen atoms in total. The van der Waals surface area contributed by atoms with Gasteiger partial charge in [0.15, 0.2) is 0 Å². The quantitative estimate of drug-likeness (QED) is 0.610. The minimum Gasteiger partial charge on any atom is -0.300 e. The molecule has 0 radical (unpaired) electrons. The number of Topliss-reactive ketones (excluding diaryl/α,β-unsaturated/α-hetero) is 1. The van der Waals surface area contributed by atoms with E-state index in [1.165, 1.54) is 12.8 Å². The van der Waals surface area contributed by atoms with Crippen LogP contribution in [0.15, 0.2) is 25.3 Å². The molecule has 14 heavy (non-hydrogen) atoms. The van der Waals surface area contributed by atoms with E-state index in [9.17, 15) is 4.79 Å². The number of carbonyl (C=O) groups is 1. The van der Waals surface area contributed by atoms with Crippen molar-refractivity contribution in [2.24, 2.45) is 17.8 Å². The Morgan fingerprint density at radius 3 is 2.57 bits per heavy atom. The molecule has 1 fully saturated rings. The molecule has 0 heterocycles. The highest BCUT2D eigenvalue weighted by Gasteiger charge is 2.30. The minimum atomic E-state index is 0.301. The molecule has 0 aromatic rings. The van der Waals surface area contributed by atoms with Crippen molar-refractivity contribution in [2.45, 2.75) is 32.6 Å². The number of carbonyl (C=O) groups excluding carboxylic acids is 1. The third kappa shape index (κ3) is 2.83. The molecule has 0 aromatic heterocycles. The van der Waals surface area contributed by atoms with Gasteiger partial charge in [0.25, 0.3) is 0 Å². The SMILES string of the molecule is C=CC1CC(C=C)C(CCC(C)=O)C1. The van der Waals surface area contributed by atoms with Crippen LogP contribution in [0.25, 0.3) is 0 Å². The van der Waals surface area contributed by atoms with Gasteiger partial charge in [0.05, 0.1) is 0 Å². The van der Waals surface area contributed by atoms with E-state index in [2.05, 4.69) is 13.2 Å². The Labute approximate surface area is 86.9 Å². The first-order chi connectivity index (χ1) is 6.67. The summed E-state index contributed by atoms with van der Waals surface area (Å²) in [7, 11) is 0. The third-order valence-corrected chi connectivity index (χ3v) is 3.29. The van der Waals surface area contributed by atoms with Crippen LogP contribution in [0.1, 0.15) is 32.6 Å². The van der Waals surface area contributed by atoms with Gasteiger partial charge in [-0.2, -0.15) is 0 Å². The monoisotopic (exact) mass is 192 g/mol. The summed E-state index contributed by atoms with van der Waals surface area (Å²) in [4.78, 5) is 10.9. The molecule has 1 aliphatic carbocycles. The van der Waals surface area contributed by atoms with Gasteiger partial charge in [0.2, 0.25) is 0 Å². The molecule has 0 spiro atoms. The largest absolute Gasteiger partial charge is 0.300 e. The van der Waals surface area contributed by atoms with E-state index in [1.54, 1.807) is 6.92 Å². The molecule has 3 atom stereocenters. The third-order valence-electron chi connectivity index (χ3n) is 3.29. The first-order valence-electron chi connectivity index (χ1n) is 5.42. The maximum absolute atomic E-state index is 10.9. The maximum atomic E-state index is 10.9. The Balaban J connectivity index is 2.46. The molecule has 0 saturated heterocycles. The Kier molecular flexibility index (Phi) is 4.12. The second kappa shape index (κ2) is 5.14. The lowest BCUT2D eigenvalue weighted by Crippen LogP contribution is -2.06. The topological polar surface area (TPSA) is 17.1 Å². The zero-order valence-electron chi connectivity index (χ0n) is 9.04. The van der Waals surface area contributed by atoms with Crippen LogP contribution in [0.3, 0.4) is 0 Å². The standard InChI is InChI=1S/C13H20O/c1-4-11-8-12(5-2)13(9-11)7-6-10(3)14/h4-5,11-13H,1-2,6-9H2,3H3. The van der Waals surface area contributed by atoms with Gasteiger partial charge in [-0.1, -0.05) is 12.2 Å². The van der Waals surface area contributed by atoms with E-state index in [1.807, 2.05) is 12.2 Å².